The molecule has 0 spiro atoms. The van der Waals surface area contributed by atoms with Crippen LogP contribution in [-0.4, -0.2) is 57.9 Å². The van der Waals surface area contributed by atoms with Crippen molar-refractivity contribution in [3.8, 4) is 0 Å². The number of hydrogen-bond acceptors (Lipinski definition) is 6. The Morgan fingerprint density at radius 3 is 0.957 bits per heavy atom. The average molecular weight is 782 g/mol. The first kappa shape index (κ1) is 47.3. The number of aliphatic hydroxyl groups is 4. The van der Waals surface area contributed by atoms with Crippen LogP contribution in [0.15, 0.2) is 48.5 Å². The number of rotatable bonds is 24. The van der Waals surface area contributed by atoms with E-state index in [1.807, 2.05) is 0 Å². The molecule has 0 fully saturated rings. The Kier molecular flexibility index (Phi) is 30.0. The quantitative estimate of drug-likeness (QED) is 0.0478. The third-order valence-corrected chi connectivity index (χ3v) is 8.77. The Morgan fingerprint density at radius 1 is 0.457 bits per heavy atom. The fraction of sp³-hybridized carbons (Fsp3) is 0.684. The molecule has 8 heteroatoms. The lowest BCUT2D eigenvalue weighted by Gasteiger charge is -2.24. The van der Waals surface area contributed by atoms with Gasteiger partial charge in [0.05, 0.1) is 37.5 Å². The summed E-state index contributed by atoms with van der Waals surface area (Å²) < 4.78 is 0. The zero-order valence-electron chi connectivity index (χ0n) is 28.9. The predicted octanol–water partition coefficient (Wildman–Crippen LogP) is 7.69. The highest BCUT2D eigenvalue weighted by Crippen LogP contribution is 2.16. The molecule has 0 aliphatic carbocycles. The topological polar surface area (TPSA) is 133 Å². The molecule has 2 aromatic rings. The van der Waals surface area contributed by atoms with Crippen molar-refractivity contribution in [3.63, 3.8) is 0 Å². The second-order valence-corrected chi connectivity index (χ2v) is 13.0. The highest BCUT2D eigenvalue weighted by Gasteiger charge is 2.23. The molecule has 0 saturated carbocycles. The van der Waals surface area contributed by atoms with Crippen molar-refractivity contribution in [1.29, 1.82) is 0 Å². The molecule has 0 aliphatic heterocycles. The second-order valence-electron chi connectivity index (χ2n) is 13.0. The highest BCUT2D eigenvalue weighted by molar-refractivity contribution is 14.0. The van der Waals surface area contributed by atoms with E-state index in [4.69, 9.17) is 11.5 Å². The zero-order chi connectivity index (χ0) is 32.5. The van der Waals surface area contributed by atoms with E-state index in [-0.39, 0.29) is 64.2 Å². The van der Waals surface area contributed by atoms with Crippen LogP contribution in [0.3, 0.4) is 0 Å². The Morgan fingerprint density at radius 2 is 0.696 bits per heavy atom. The van der Waals surface area contributed by atoms with E-state index in [0.29, 0.717) is 12.8 Å². The number of aliphatic hydroxyl groups excluding tert-OH is 4. The number of hydrogen-bond donors (Lipinski definition) is 6. The van der Waals surface area contributed by atoms with Gasteiger partial charge in [-0.15, -0.1) is 36.4 Å². The molecule has 0 bridgehead atoms. The van der Waals surface area contributed by atoms with Crippen LogP contribution >= 0.6 is 36.4 Å². The monoisotopic (exact) mass is 781 g/mol. The first-order chi connectivity index (χ1) is 21.3. The first-order valence-corrected chi connectivity index (χ1v) is 17.4. The molecular weight excluding hydrogens is 711 g/mol. The van der Waals surface area contributed by atoms with Crippen LogP contribution in [0.5, 0.6) is 0 Å². The smallest absolute Gasteiger partial charge is 0.0633 e. The number of aryl methyl sites for hydroxylation is 4. The zero-order valence-corrected chi connectivity index (χ0v) is 32.1. The maximum absolute atomic E-state index is 9.20. The van der Waals surface area contributed by atoms with Crippen molar-refractivity contribution >= 4 is 36.4 Å². The molecule has 0 unspecified atom stereocenters. The van der Waals surface area contributed by atoms with Gasteiger partial charge < -0.3 is 31.9 Å². The summed E-state index contributed by atoms with van der Waals surface area (Å²) in [5.74, 6) is 0. The normalized spacial score (nSPS) is 11.3. The van der Waals surface area contributed by atoms with Gasteiger partial charge in [-0.05, 0) is 73.6 Å². The van der Waals surface area contributed by atoms with Gasteiger partial charge in [0, 0.05) is 1.43 Å². The second kappa shape index (κ2) is 29.2. The fourth-order valence-electron chi connectivity index (χ4n) is 5.17. The molecule has 0 atom stereocenters. The Hall–Kier alpha value is -0.780. The molecule has 0 radical (unpaired) electrons. The highest BCUT2D eigenvalue weighted by atomic mass is 127. The van der Waals surface area contributed by atoms with Gasteiger partial charge >= 0.3 is 0 Å². The molecular formula is C38H70ClIN2O4. The van der Waals surface area contributed by atoms with Gasteiger partial charge in [-0.3, -0.25) is 0 Å². The van der Waals surface area contributed by atoms with Crippen molar-refractivity contribution in [1.82, 2.24) is 0 Å². The van der Waals surface area contributed by atoms with Crippen LogP contribution < -0.4 is 11.5 Å². The number of halogens is 2. The van der Waals surface area contributed by atoms with E-state index in [1.165, 1.54) is 99.3 Å². The third-order valence-electron chi connectivity index (χ3n) is 8.77. The van der Waals surface area contributed by atoms with Crippen molar-refractivity contribution < 1.29 is 21.9 Å². The summed E-state index contributed by atoms with van der Waals surface area (Å²) in [6, 6.07) is 17.3. The summed E-state index contributed by atoms with van der Waals surface area (Å²) >= 11 is 0. The standard InChI is InChI=1S/2C19H33NO2.ClH.HI.H2/c2*1-2-3-4-5-6-7-8-17-9-11-18(12-10-17)13-14-19(20,15-21)16-22;;;/h2*9-12,21-22H,2-8,13-16,20H2,1H3;3*1H/i;;;;1+1. The summed E-state index contributed by atoms with van der Waals surface area (Å²) in [5, 5.41) is 36.8. The molecule has 2 aromatic carbocycles. The van der Waals surface area contributed by atoms with E-state index in [9.17, 15) is 20.4 Å². The van der Waals surface area contributed by atoms with Crippen LogP contribution in [0.2, 0.25) is 0 Å². The minimum absolute atomic E-state index is 0. The van der Waals surface area contributed by atoms with E-state index in [0.717, 1.165) is 25.7 Å². The number of unbranched alkanes of at least 4 members (excludes halogenated alkanes) is 10. The summed E-state index contributed by atoms with van der Waals surface area (Å²) in [5.41, 5.74) is 15.3. The van der Waals surface area contributed by atoms with Crippen LogP contribution in [-0.2, 0) is 25.7 Å². The minimum atomic E-state index is -0.864. The van der Waals surface area contributed by atoms with E-state index >= 15 is 0 Å². The van der Waals surface area contributed by atoms with Crippen molar-refractivity contribution in [2.24, 2.45) is 11.5 Å². The molecule has 0 aromatic heterocycles. The lowest BCUT2D eigenvalue weighted by atomic mass is 9.93. The lowest BCUT2D eigenvalue weighted by molar-refractivity contribution is 0.114. The Balaban J connectivity index is -0.000000774. The lowest BCUT2D eigenvalue weighted by Crippen LogP contribution is -2.47. The van der Waals surface area contributed by atoms with E-state index in [1.54, 1.807) is 0 Å². The van der Waals surface area contributed by atoms with E-state index in [2.05, 4.69) is 62.4 Å². The van der Waals surface area contributed by atoms with E-state index < -0.39 is 11.1 Å². The summed E-state index contributed by atoms with van der Waals surface area (Å²) in [4.78, 5) is 0. The maximum Gasteiger partial charge on any atom is 0.0633 e. The van der Waals surface area contributed by atoms with Crippen molar-refractivity contribution in [3.05, 3.63) is 70.8 Å². The van der Waals surface area contributed by atoms with Gasteiger partial charge in [-0.25, -0.2) is 0 Å². The molecule has 0 heterocycles. The van der Waals surface area contributed by atoms with Crippen LogP contribution in [0.25, 0.3) is 0 Å². The molecule has 0 saturated heterocycles. The Labute approximate surface area is 306 Å². The summed E-state index contributed by atoms with van der Waals surface area (Å²) in [7, 11) is 0. The van der Waals surface area contributed by atoms with Gasteiger partial charge in [0.25, 0.3) is 0 Å². The van der Waals surface area contributed by atoms with Crippen molar-refractivity contribution in [2.45, 2.75) is 141 Å². The van der Waals surface area contributed by atoms with Crippen LogP contribution in [0.1, 0.15) is 127 Å². The van der Waals surface area contributed by atoms with Gasteiger partial charge in [-0.1, -0.05) is 127 Å². The maximum atomic E-state index is 9.20. The predicted molar refractivity (Wildman–Crippen MR) is 211 cm³/mol. The van der Waals surface area contributed by atoms with Crippen LogP contribution in [0, 0.1) is 0 Å². The first-order valence-electron chi connectivity index (χ1n) is 17.4. The number of nitrogens with two attached hydrogens (primary N) is 2. The third kappa shape index (κ3) is 22.0. The molecule has 46 heavy (non-hydrogen) atoms. The van der Waals surface area contributed by atoms with Gasteiger partial charge in [0.1, 0.15) is 0 Å². The minimum Gasteiger partial charge on any atom is -0.394 e. The SMILES string of the molecule is CCCCCCCCc1ccc(CCC(N)(CO)CO)cc1.CCCCCCCCc1ccc(CCC(N)(CO)CO)cc1.Cl.I.[2HH]. The van der Waals surface area contributed by atoms with Crippen LogP contribution in [0.4, 0.5) is 0 Å². The molecule has 8 N–H and O–H groups in total. The van der Waals surface area contributed by atoms with Crippen molar-refractivity contribution in [2.75, 3.05) is 26.4 Å². The molecule has 6 nitrogen and oxygen atoms in total. The van der Waals surface area contributed by atoms with Gasteiger partial charge in [0.15, 0.2) is 0 Å². The molecule has 0 amide bonds. The molecule has 270 valence electrons. The summed E-state index contributed by atoms with van der Waals surface area (Å²) in [6.45, 7) is 3.77. The molecule has 0 aliphatic rings. The van der Waals surface area contributed by atoms with Gasteiger partial charge in [0.2, 0.25) is 0 Å². The Bertz CT molecular complexity index is 868. The largest absolute Gasteiger partial charge is 0.394 e. The molecule has 2 rings (SSSR count). The van der Waals surface area contributed by atoms with Gasteiger partial charge in [-0.2, -0.15) is 0 Å². The fourth-order valence-corrected chi connectivity index (χ4v) is 5.17. The summed E-state index contributed by atoms with van der Waals surface area (Å²) in [6.07, 6.45) is 21.0. The number of benzene rings is 2. The average Bonchev–Trinajstić information content (AvgIpc) is 3.07.